The molecule has 1 N–H and O–H groups in total. The number of methoxy groups -OCH3 is 1. The van der Waals surface area contributed by atoms with Gasteiger partial charge in [-0.1, -0.05) is 0 Å². The predicted molar refractivity (Wildman–Crippen MR) is 95.5 cm³/mol. The molecule has 2 rings (SSSR count). The first-order valence-electron chi connectivity index (χ1n) is 8.30. The summed E-state index contributed by atoms with van der Waals surface area (Å²) in [6.07, 6.45) is 1.19. The highest BCUT2D eigenvalue weighted by Gasteiger charge is 2.21. The molecular weight excluding hydrogens is 336 g/mol. The Balaban J connectivity index is 1.94. The maximum atomic E-state index is 12.3. The van der Waals surface area contributed by atoms with Crippen LogP contribution in [0.1, 0.15) is 6.92 Å². The normalized spacial score (nSPS) is 14.4. The maximum Gasteiger partial charge on any atom is 0.409 e. The Bertz CT molecular complexity index is 701. The van der Waals surface area contributed by atoms with Crippen molar-refractivity contribution in [2.24, 2.45) is 0 Å². The zero-order valence-electron chi connectivity index (χ0n) is 14.9. The van der Waals surface area contributed by atoms with Gasteiger partial charge in [-0.3, -0.25) is 4.79 Å². The van der Waals surface area contributed by atoms with E-state index in [2.05, 4.69) is 5.32 Å². The third-order valence-electron chi connectivity index (χ3n) is 3.86. The van der Waals surface area contributed by atoms with Crippen molar-refractivity contribution in [1.29, 1.82) is 5.26 Å². The van der Waals surface area contributed by atoms with Crippen LogP contribution in [0.5, 0.6) is 5.75 Å². The summed E-state index contributed by atoms with van der Waals surface area (Å²) < 4.78 is 10.0. The number of nitrogens with one attached hydrogen (secondary N) is 1. The van der Waals surface area contributed by atoms with Crippen LogP contribution in [-0.2, 0) is 9.53 Å². The zero-order chi connectivity index (χ0) is 18.9. The van der Waals surface area contributed by atoms with Crippen molar-refractivity contribution in [2.45, 2.75) is 6.92 Å². The van der Waals surface area contributed by atoms with Gasteiger partial charge >= 0.3 is 6.09 Å². The summed E-state index contributed by atoms with van der Waals surface area (Å²) >= 11 is 0. The number of hydrogen-bond acceptors (Lipinski definition) is 6. The number of anilines is 1. The minimum Gasteiger partial charge on any atom is -0.497 e. The van der Waals surface area contributed by atoms with Crippen molar-refractivity contribution in [3.63, 3.8) is 0 Å². The third kappa shape index (κ3) is 5.14. The highest BCUT2D eigenvalue weighted by atomic mass is 16.6. The predicted octanol–water partition coefficient (Wildman–Crippen LogP) is 1.82. The highest BCUT2D eigenvalue weighted by Crippen LogP contribution is 2.16. The smallest absolute Gasteiger partial charge is 0.409 e. The Morgan fingerprint density at radius 2 is 1.88 bits per heavy atom. The number of piperazine rings is 1. The fraction of sp³-hybridized carbons (Fsp3) is 0.389. The second-order valence-electron chi connectivity index (χ2n) is 5.56. The van der Waals surface area contributed by atoms with Gasteiger partial charge in [0.15, 0.2) is 0 Å². The number of amides is 2. The molecule has 0 aromatic heterocycles. The molecule has 138 valence electrons. The first-order valence-corrected chi connectivity index (χ1v) is 8.30. The van der Waals surface area contributed by atoms with Crippen molar-refractivity contribution in [2.75, 3.05) is 45.2 Å². The van der Waals surface area contributed by atoms with Gasteiger partial charge in [0, 0.05) is 38.1 Å². The van der Waals surface area contributed by atoms with Crippen molar-refractivity contribution in [3.05, 3.63) is 36.0 Å². The average Bonchev–Trinajstić information content (AvgIpc) is 2.67. The summed E-state index contributed by atoms with van der Waals surface area (Å²) in [5, 5.41) is 12.0. The van der Waals surface area contributed by atoms with Crippen LogP contribution in [0.4, 0.5) is 10.5 Å². The van der Waals surface area contributed by atoms with Gasteiger partial charge in [-0.2, -0.15) is 5.26 Å². The SMILES string of the molecule is CCOC(=O)N1CCN(/C=C(\C#N)C(=O)Nc2ccc(OC)cc2)CC1. The van der Waals surface area contributed by atoms with Gasteiger partial charge in [-0.15, -0.1) is 0 Å². The monoisotopic (exact) mass is 358 g/mol. The first kappa shape index (κ1) is 19.1. The summed E-state index contributed by atoms with van der Waals surface area (Å²) in [6, 6.07) is 8.76. The Hall–Kier alpha value is -3.21. The number of rotatable bonds is 5. The lowest BCUT2D eigenvalue weighted by atomic mass is 10.2. The first-order chi connectivity index (χ1) is 12.6. The van der Waals surface area contributed by atoms with Gasteiger partial charge in [0.05, 0.1) is 13.7 Å². The van der Waals surface area contributed by atoms with Crippen molar-refractivity contribution in [1.82, 2.24) is 9.80 Å². The van der Waals surface area contributed by atoms with Crippen molar-refractivity contribution < 1.29 is 19.1 Å². The molecule has 2 amide bonds. The van der Waals surface area contributed by atoms with Crippen LogP contribution < -0.4 is 10.1 Å². The molecule has 0 atom stereocenters. The maximum absolute atomic E-state index is 12.3. The highest BCUT2D eigenvalue weighted by molar-refractivity contribution is 6.06. The van der Waals surface area contributed by atoms with Crippen LogP contribution in [0.25, 0.3) is 0 Å². The van der Waals surface area contributed by atoms with Gasteiger partial charge in [0.1, 0.15) is 17.4 Å². The molecule has 0 unspecified atom stereocenters. The summed E-state index contributed by atoms with van der Waals surface area (Å²) in [7, 11) is 1.56. The molecule has 1 heterocycles. The Labute approximate surface area is 152 Å². The van der Waals surface area contributed by atoms with E-state index in [-0.39, 0.29) is 11.7 Å². The van der Waals surface area contributed by atoms with E-state index in [4.69, 9.17) is 9.47 Å². The number of carbonyl (C=O) groups is 2. The zero-order valence-corrected chi connectivity index (χ0v) is 14.9. The Kier molecular flexibility index (Phi) is 6.85. The molecule has 1 fully saturated rings. The Morgan fingerprint density at radius 1 is 1.23 bits per heavy atom. The van der Waals surface area contributed by atoms with Gasteiger partial charge in [0.2, 0.25) is 0 Å². The number of ether oxygens (including phenoxy) is 2. The lowest BCUT2D eigenvalue weighted by molar-refractivity contribution is -0.112. The fourth-order valence-electron chi connectivity index (χ4n) is 2.44. The lowest BCUT2D eigenvalue weighted by Crippen LogP contribution is -2.47. The van der Waals surface area contributed by atoms with Crippen LogP contribution in [0.15, 0.2) is 36.0 Å². The summed E-state index contributed by atoms with van der Waals surface area (Å²) in [4.78, 5) is 27.4. The molecule has 8 heteroatoms. The van der Waals surface area contributed by atoms with Crippen LogP contribution in [-0.4, -0.2) is 61.7 Å². The van der Waals surface area contributed by atoms with E-state index in [1.165, 1.54) is 6.20 Å². The molecule has 1 aromatic rings. The van der Waals surface area contributed by atoms with Gasteiger partial charge in [-0.25, -0.2) is 4.79 Å². The standard InChI is InChI=1S/C18H22N4O4/c1-3-26-18(24)22-10-8-21(9-11-22)13-14(12-19)17(23)20-15-4-6-16(25-2)7-5-15/h4-7,13H,3,8-11H2,1-2H3,(H,20,23)/b14-13+. The van der Waals surface area contributed by atoms with Crippen LogP contribution in [0.3, 0.4) is 0 Å². The molecule has 8 nitrogen and oxygen atoms in total. The summed E-state index contributed by atoms with van der Waals surface area (Å²) in [6.45, 7) is 4.11. The second-order valence-corrected chi connectivity index (χ2v) is 5.56. The number of carbonyl (C=O) groups excluding carboxylic acids is 2. The molecule has 1 aliphatic heterocycles. The van der Waals surface area contributed by atoms with Gasteiger partial charge in [0.25, 0.3) is 5.91 Å². The molecule has 1 aliphatic rings. The topological polar surface area (TPSA) is 94.9 Å². The van der Waals surface area contributed by atoms with E-state index in [0.717, 1.165) is 0 Å². The van der Waals surface area contributed by atoms with Crippen LogP contribution in [0.2, 0.25) is 0 Å². The number of nitriles is 1. The number of benzene rings is 1. The van der Waals surface area contributed by atoms with E-state index in [9.17, 15) is 14.9 Å². The molecule has 0 saturated carbocycles. The minimum absolute atomic E-state index is 0.00500. The third-order valence-corrected chi connectivity index (χ3v) is 3.86. The van der Waals surface area contributed by atoms with Gasteiger partial charge < -0.3 is 24.6 Å². The molecule has 0 aliphatic carbocycles. The number of nitrogens with zero attached hydrogens (tertiary/aromatic N) is 3. The van der Waals surface area contributed by atoms with Gasteiger partial charge in [-0.05, 0) is 31.2 Å². The van der Waals surface area contributed by atoms with E-state index in [0.29, 0.717) is 44.2 Å². The molecule has 26 heavy (non-hydrogen) atoms. The quantitative estimate of drug-likeness (QED) is 0.637. The lowest BCUT2D eigenvalue weighted by Gasteiger charge is -2.33. The second kappa shape index (κ2) is 9.32. The molecule has 0 bridgehead atoms. The minimum atomic E-state index is -0.481. The number of hydrogen-bond donors (Lipinski definition) is 1. The molecule has 0 spiro atoms. The van der Waals surface area contributed by atoms with Crippen LogP contribution >= 0.6 is 0 Å². The van der Waals surface area contributed by atoms with E-state index in [1.54, 1.807) is 43.2 Å². The van der Waals surface area contributed by atoms with Crippen molar-refractivity contribution >= 4 is 17.7 Å². The van der Waals surface area contributed by atoms with E-state index >= 15 is 0 Å². The molecular formula is C18H22N4O4. The summed E-state index contributed by atoms with van der Waals surface area (Å²) in [5.74, 6) is 0.198. The molecule has 1 saturated heterocycles. The Morgan fingerprint density at radius 3 is 2.42 bits per heavy atom. The largest absolute Gasteiger partial charge is 0.497 e. The van der Waals surface area contributed by atoms with E-state index < -0.39 is 5.91 Å². The van der Waals surface area contributed by atoms with Crippen molar-refractivity contribution in [3.8, 4) is 11.8 Å². The fourth-order valence-corrected chi connectivity index (χ4v) is 2.44. The van der Waals surface area contributed by atoms with Crippen LogP contribution in [0, 0.1) is 11.3 Å². The molecule has 0 radical (unpaired) electrons. The van der Waals surface area contributed by atoms with E-state index in [1.807, 2.05) is 11.0 Å². The average molecular weight is 358 g/mol. The molecule has 1 aromatic carbocycles. The summed E-state index contributed by atoms with van der Waals surface area (Å²) in [5.41, 5.74) is 0.578.